The number of nitrogens with one attached hydrogen (secondary N) is 1. The van der Waals surface area contributed by atoms with Gasteiger partial charge >= 0.3 is 0 Å². The lowest BCUT2D eigenvalue weighted by Gasteiger charge is -2.19. The first-order valence-corrected chi connectivity index (χ1v) is 7.61. The summed E-state index contributed by atoms with van der Waals surface area (Å²) in [5.74, 6) is 0. The van der Waals surface area contributed by atoms with E-state index in [-0.39, 0.29) is 17.1 Å². The van der Waals surface area contributed by atoms with Gasteiger partial charge in [-0.05, 0) is 25.8 Å². The van der Waals surface area contributed by atoms with Gasteiger partial charge in [-0.25, -0.2) is 13.1 Å². The molecule has 112 valence electrons. The van der Waals surface area contributed by atoms with Crippen molar-refractivity contribution in [1.29, 1.82) is 0 Å². The molecule has 0 amide bonds. The van der Waals surface area contributed by atoms with Crippen molar-refractivity contribution in [3.63, 3.8) is 0 Å². The minimum Gasteiger partial charge on any atom is -0.324 e. The molecule has 0 aliphatic carbocycles. The van der Waals surface area contributed by atoms with Gasteiger partial charge < -0.3 is 5.73 Å². The van der Waals surface area contributed by atoms with Gasteiger partial charge in [0.25, 0.3) is 5.69 Å². The zero-order chi connectivity index (χ0) is 15.6. The third-order valence-electron chi connectivity index (χ3n) is 2.65. The Morgan fingerprint density at radius 3 is 2.45 bits per heavy atom. The van der Waals surface area contributed by atoms with Crippen LogP contribution in [0, 0.1) is 10.1 Å². The van der Waals surface area contributed by atoms with E-state index in [1.807, 2.05) is 0 Å². The van der Waals surface area contributed by atoms with Crippen molar-refractivity contribution in [1.82, 2.24) is 4.72 Å². The minimum atomic E-state index is -3.83. The van der Waals surface area contributed by atoms with Crippen molar-refractivity contribution >= 4 is 15.7 Å². The molecule has 20 heavy (non-hydrogen) atoms. The van der Waals surface area contributed by atoms with Gasteiger partial charge in [0.2, 0.25) is 10.0 Å². The summed E-state index contributed by atoms with van der Waals surface area (Å²) in [5.41, 5.74) is 5.30. The van der Waals surface area contributed by atoms with E-state index in [1.165, 1.54) is 12.1 Å². The second kappa shape index (κ2) is 5.86. The normalized spacial score (nSPS) is 12.4. The summed E-state index contributed by atoms with van der Waals surface area (Å²) in [6.07, 6.45) is 0.459. The van der Waals surface area contributed by atoms with E-state index < -0.39 is 20.5 Å². The van der Waals surface area contributed by atoms with Crippen LogP contribution in [0.1, 0.15) is 26.3 Å². The molecular weight excluding hydrogens is 282 g/mol. The van der Waals surface area contributed by atoms with Crippen molar-refractivity contribution in [3.8, 4) is 0 Å². The van der Waals surface area contributed by atoms with Gasteiger partial charge in [0.05, 0.1) is 9.82 Å². The van der Waals surface area contributed by atoms with E-state index in [4.69, 9.17) is 5.73 Å². The first-order chi connectivity index (χ1) is 9.07. The number of aryl methyl sites for hydroxylation is 1. The van der Waals surface area contributed by atoms with Crippen molar-refractivity contribution in [3.05, 3.63) is 33.9 Å². The van der Waals surface area contributed by atoms with E-state index in [2.05, 4.69) is 4.72 Å². The first kappa shape index (κ1) is 16.5. The maximum Gasteiger partial charge on any atom is 0.270 e. The number of hydrogen-bond acceptors (Lipinski definition) is 5. The van der Waals surface area contributed by atoms with Gasteiger partial charge in [-0.1, -0.05) is 13.0 Å². The summed E-state index contributed by atoms with van der Waals surface area (Å²) in [7, 11) is -3.83. The molecule has 0 aliphatic heterocycles. The van der Waals surface area contributed by atoms with Crippen molar-refractivity contribution < 1.29 is 13.3 Å². The summed E-state index contributed by atoms with van der Waals surface area (Å²) in [6.45, 7) is 5.20. The van der Waals surface area contributed by atoms with Crippen LogP contribution in [-0.2, 0) is 16.4 Å². The first-order valence-electron chi connectivity index (χ1n) is 6.12. The topological polar surface area (TPSA) is 115 Å². The molecule has 0 aliphatic rings. The van der Waals surface area contributed by atoms with Gasteiger partial charge in [0.1, 0.15) is 0 Å². The average molecular weight is 301 g/mol. The molecular formula is C12H19N3O4S. The lowest BCUT2D eigenvalue weighted by Crippen LogP contribution is -2.45. The predicted molar refractivity (Wildman–Crippen MR) is 75.9 cm³/mol. The SMILES string of the molecule is CCc1ccc([N+](=O)[O-])cc1S(=O)(=O)NCC(C)(C)N. The van der Waals surface area contributed by atoms with Crippen LogP contribution < -0.4 is 10.5 Å². The lowest BCUT2D eigenvalue weighted by molar-refractivity contribution is -0.385. The minimum absolute atomic E-state index is 0.0428. The molecule has 0 fully saturated rings. The molecule has 0 atom stereocenters. The molecule has 0 heterocycles. The van der Waals surface area contributed by atoms with Crippen LogP contribution in [0.2, 0.25) is 0 Å². The fourth-order valence-electron chi connectivity index (χ4n) is 1.56. The largest absolute Gasteiger partial charge is 0.324 e. The van der Waals surface area contributed by atoms with Crippen molar-refractivity contribution in [2.75, 3.05) is 6.54 Å². The van der Waals surface area contributed by atoms with Gasteiger partial charge in [-0.15, -0.1) is 0 Å². The summed E-state index contributed by atoms with van der Waals surface area (Å²) < 4.78 is 26.9. The molecule has 3 N–H and O–H groups in total. The van der Waals surface area contributed by atoms with E-state index in [0.717, 1.165) is 6.07 Å². The highest BCUT2D eigenvalue weighted by Gasteiger charge is 2.23. The Labute approximate surface area is 118 Å². The van der Waals surface area contributed by atoms with Gasteiger partial charge in [0.15, 0.2) is 0 Å². The van der Waals surface area contributed by atoms with Crippen LogP contribution in [0.3, 0.4) is 0 Å². The molecule has 0 unspecified atom stereocenters. The molecule has 0 radical (unpaired) electrons. The van der Waals surface area contributed by atoms with E-state index in [1.54, 1.807) is 20.8 Å². The van der Waals surface area contributed by atoms with Crippen LogP contribution >= 0.6 is 0 Å². The van der Waals surface area contributed by atoms with E-state index in [0.29, 0.717) is 12.0 Å². The second-order valence-electron chi connectivity index (χ2n) is 5.22. The van der Waals surface area contributed by atoms with Crippen LogP contribution in [0.5, 0.6) is 0 Å². The monoisotopic (exact) mass is 301 g/mol. The molecule has 7 nitrogen and oxygen atoms in total. The predicted octanol–water partition coefficient (Wildman–Crippen LogP) is 1.17. The number of nitro groups is 1. The number of hydrogen-bond donors (Lipinski definition) is 2. The summed E-state index contributed by atoms with van der Waals surface area (Å²) in [6, 6.07) is 3.83. The van der Waals surface area contributed by atoms with Crippen LogP contribution in [0.15, 0.2) is 23.1 Å². The fraction of sp³-hybridized carbons (Fsp3) is 0.500. The molecule has 1 aromatic carbocycles. The summed E-state index contributed by atoms with van der Waals surface area (Å²) in [5, 5.41) is 10.8. The zero-order valence-corrected chi connectivity index (χ0v) is 12.5. The zero-order valence-electron chi connectivity index (χ0n) is 11.7. The molecule has 0 saturated carbocycles. The second-order valence-corrected chi connectivity index (χ2v) is 6.95. The lowest BCUT2D eigenvalue weighted by atomic mass is 10.1. The van der Waals surface area contributed by atoms with Crippen LogP contribution in [-0.4, -0.2) is 25.4 Å². The molecule has 1 aromatic rings. The Bertz CT molecular complexity index is 606. The Kier molecular flexibility index (Phi) is 4.85. The number of non-ortho nitro benzene ring substituents is 1. The Morgan fingerprint density at radius 1 is 1.40 bits per heavy atom. The summed E-state index contributed by atoms with van der Waals surface area (Å²) >= 11 is 0. The van der Waals surface area contributed by atoms with E-state index in [9.17, 15) is 18.5 Å². The van der Waals surface area contributed by atoms with Crippen molar-refractivity contribution in [2.24, 2.45) is 5.73 Å². The van der Waals surface area contributed by atoms with E-state index >= 15 is 0 Å². The highest BCUT2D eigenvalue weighted by molar-refractivity contribution is 7.89. The maximum atomic E-state index is 12.2. The Morgan fingerprint density at radius 2 is 2.00 bits per heavy atom. The Balaban J connectivity index is 3.21. The van der Waals surface area contributed by atoms with Crippen molar-refractivity contribution in [2.45, 2.75) is 37.6 Å². The smallest absolute Gasteiger partial charge is 0.270 e. The highest BCUT2D eigenvalue weighted by atomic mass is 32.2. The average Bonchev–Trinajstić information content (AvgIpc) is 2.35. The molecule has 1 rings (SSSR count). The molecule has 0 spiro atoms. The standard InChI is InChI=1S/C12H19N3O4S/c1-4-9-5-6-10(15(16)17)7-11(9)20(18,19)14-8-12(2,3)13/h5-7,14H,4,8,13H2,1-3H3. The number of benzene rings is 1. The number of rotatable bonds is 6. The Hall–Kier alpha value is -1.51. The highest BCUT2D eigenvalue weighted by Crippen LogP contribution is 2.22. The number of nitrogens with two attached hydrogens (primary N) is 1. The molecule has 0 aromatic heterocycles. The van der Waals surface area contributed by atoms with Crippen LogP contribution in [0.25, 0.3) is 0 Å². The van der Waals surface area contributed by atoms with Gasteiger partial charge in [-0.3, -0.25) is 10.1 Å². The molecule has 0 saturated heterocycles. The van der Waals surface area contributed by atoms with Gasteiger partial charge in [0, 0.05) is 24.2 Å². The number of nitrogens with zero attached hydrogens (tertiary/aromatic N) is 1. The number of sulfonamides is 1. The van der Waals surface area contributed by atoms with Crippen LogP contribution in [0.4, 0.5) is 5.69 Å². The number of nitro benzene ring substituents is 1. The molecule has 0 bridgehead atoms. The van der Waals surface area contributed by atoms with Gasteiger partial charge in [-0.2, -0.15) is 0 Å². The molecule has 8 heteroatoms. The third-order valence-corrected chi connectivity index (χ3v) is 4.13. The third kappa shape index (κ3) is 4.26. The summed E-state index contributed by atoms with van der Waals surface area (Å²) in [4.78, 5) is 10.1. The maximum absolute atomic E-state index is 12.2. The fourth-order valence-corrected chi connectivity index (χ4v) is 3.11. The quantitative estimate of drug-likeness (QED) is 0.604.